The highest BCUT2D eigenvalue weighted by Gasteiger charge is 2.36. The lowest BCUT2D eigenvalue weighted by Crippen LogP contribution is -2.30. The second kappa shape index (κ2) is 7.37. The van der Waals surface area contributed by atoms with Crippen molar-refractivity contribution >= 4 is 17.7 Å². The number of hydrogen-bond acceptors (Lipinski definition) is 7. The number of aromatic amines is 1. The molecule has 130 valence electrons. The van der Waals surface area contributed by atoms with E-state index in [2.05, 4.69) is 15.2 Å². The number of H-pyrrole nitrogens is 1. The second-order valence-electron chi connectivity index (χ2n) is 5.85. The fourth-order valence-corrected chi connectivity index (χ4v) is 3.21. The number of β-amino-alcohol motifs (C(OH)–C–C–N with tert-alkyl or cyclic N) is 1. The van der Waals surface area contributed by atoms with Gasteiger partial charge in [-0.05, 0) is 26.0 Å². The van der Waals surface area contributed by atoms with Gasteiger partial charge in [-0.3, -0.25) is 9.89 Å². The van der Waals surface area contributed by atoms with Gasteiger partial charge in [0.2, 0.25) is 0 Å². The zero-order valence-corrected chi connectivity index (χ0v) is 14.3. The van der Waals surface area contributed by atoms with Gasteiger partial charge in [0.25, 0.3) is 5.91 Å². The lowest BCUT2D eigenvalue weighted by Gasteiger charge is -2.17. The van der Waals surface area contributed by atoms with E-state index in [0.29, 0.717) is 23.2 Å². The van der Waals surface area contributed by atoms with Gasteiger partial charge in [0.05, 0.1) is 24.5 Å². The van der Waals surface area contributed by atoms with Gasteiger partial charge in [-0.1, -0.05) is 11.8 Å². The van der Waals surface area contributed by atoms with Crippen LogP contribution >= 0.6 is 11.8 Å². The summed E-state index contributed by atoms with van der Waals surface area (Å²) in [7, 11) is 0. The van der Waals surface area contributed by atoms with Crippen molar-refractivity contribution in [2.45, 2.75) is 43.1 Å². The first-order chi connectivity index (χ1) is 11.5. The Hall–Kier alpha value is -1.84. The van der Waals surface area contributed by atoms with Gasteiger partial charge < -0.3 is 19.2 Å². The number of furan rings is 1. The van der Waals surface area contributed by atoms with Crippen molar-refractivity contribution in [2.24, 2.45) is 0 Å². The third-order valence-electron chi connectivity index (χ3n) is 3.59. The van der Waals surface area contributed by atoms with Crippen LogP contribution in [0.25, 0.3) is 0 Å². The van der Waals surface area contributed by atoms with Gasteiger partial charge in [0, 0.05) is 6.54 Å². The van der Waals surface area contributed by atoms with Crippen LogP contribution in [0.1, 0.15) is 30.2 Å². The number of carbonyl (C=O) groups excluding carboxylic acids is 1. The summed E-state index contributed by atoms with van der Waals surface area (Å²) in [5.74, 6) is 1.25. The van der Waals surface area contributed by atoms with Crippen molar-refractivity contribution in [3.63, 3.8) is 0 Å². The van der Waals surface area contributed by atoms with E-state index in [4.69, 9.17) is 9.15 Å². The molecule has 2 aromatic rings. The smallest absolute Gasteiger partial charge is 0.289 e. The van der Waals surface area contributed by atoms with E-state index in [0.717, 1.165) is 0 Å². The Morgan fingerprint density at radius 2 is 2.38 bits per heavy atom. The minimum absolute atomic E-state index is 0.00281. The van der Waals surface area contributed by atoms with E-state index >= 15 is 0 Å². The molecule has 1 aliphatic rings. The van der Waals surface area contributed by atoms with Crippen LogP contribution in [0.5, 0.6) is 0 Å². The summed E-state index contributed by atoms with van der Waals surface area (Å²) in [5.41, 5.74) is 0. The highest BCUT2D eigenvalue weighted by Crippen LogP contribution is 2.22. The summed E-state index contributed by atoms with van der Waals surface area (Å²) < 4.78 is 11.2. The number of nitrogens with one attached hydrogen (secondary N) is 1. The summed E-state index contributed by atoms with van der Waals surface area (Å²) in [6.45, 7) is 4.42. The van der Waals surface area contributed by atoms with E-state index in [-0.39, 0.29) is 30.4 Å². The Labute approximate surface area is 143 Å². The van der Waals surface area contributed by atoms with E-state index in [1.165, 1.54) is 18.1 Å². The highest BCUT2D eigenvalue weighted by molar-refractivity contribution is 7.98. The van der Waals surface area contributed by atoms with Crippen LogP contribution in [0.4, 0.5) is 0 Å². The second-order valence-corrected chi connectivity index (χ2v) is 6.81. The number of aliphatic hydroxyl groups excluding tert-OH is 1. The fourth-order valence-electron chi connectivity index (χ4n) is 2.54. The van der Waals surface area contributed by atoms with Gasteiger partial charge in [0.1, 0.15) is 18.2 Å². The Kier molecular flexibility index (Phi) is 5.22. The average molecular weight is 352 g/mol. The molecule has 3 heterocycles. The van der Waals surface area contributed by atoms with Crippen LogP contribution in [0.15, 0.2) is 28.0 Å². The van der Waals surface area contributed by atoms with E-state index in [9.17, 15) is 9.90 Å². The molecule has 0 radical (unpaired) electrons. The Morgan fingerprint density at radius 1 is 1.54 bits per heavy atom. The van der Waals surface area contributed by atoms with Crippen molar-refractivity contribution in [3.05, 3.63) is 30.0 Å². The first-order valence-electron chi connectivity index (χ1n) is 7.72. The zero-order valence-electron chi connectivity index (χ0n) is 13.5. The van der Waals surface area contributed by atoms with Gasteiger partial charge in [0.15, 0.2) is 10.9 Å². The normalized spacial score (nSPS) is 20.9. The number of aliphatic hydroxyl groups is 1. The maximum atomic E-state index is 12.5. The molecule has 2 N–H and O–H groups in total. The largest absolute Gasteiger partial charge is 0.455 e. The lowest BCUT2D eigenvalue weighted by atomic mass is 10.2. The van der Waals surface area contributed by atoms with Crippen LogP contribution in [-0.4, -0.2) is 62.5 Å². The van der Waals surface area contributed by atoms with Crippen molar-refractivity contribution in [1.29, 1.82) is 0 Å². The number of aromatic nitrogens is 3. The average Bonchev–Trinajstić information content (AvgIpc) is 3.26. The number of hydrogen-bond donors (Lipinski definition) is 2. The number of likely N-dealkylation sites (tertiary alicyclic amines) is 1. The topological polar surface area (TPSA) is 104 Å². The van der Waals surface area contributed by atoms with Crippen molar-refractivity contribution in [3.8, 4) is 0 Å². The predicted octanol–water partition coefficient (Wildman–Crippen LogP) is 1.30. The van der Waals surface area contributed by atoms with Gasteiger partial charge in [-0.2, -0.15) is 5.10 Å². The molecule has 24 heavy (non-hydrogen) atoms. The number of amides is 1. The van der Waals surface area contributed by atoms with Gasteiger partial charge >= 0.3 is 0 Å². The predicted molar refractivity (Wildman–Crippen MR) is 86.6 cm³/mol. The molecule has 1 saturated heterocycles. The molecule has 0 aromatic carbocycles. The minimum Gasteiger partial charge on any atom is -0.455 e. The highest BCUT2D eigenvalue weighted by atomic mass is 32.2. The van der Waals surface area contributed by atoms with Gasteiger partial charge in [-0.25, -0.2) is 4.98 Å². The number of ether oxygens (including phenoxy) is 1. The molecule has 1 amide bonds. The number of thioether (sulfide) groups is 1. The first-order valence-corrected chi connectivity index (χ1v) is 8.71. The molecule has 2 aromatic heterocycles. The summed E-state index contributed by atoms with van der Waals surface area (Å²) in [6.07, 6.45) is 0.412. The third-order valence-corrected chi connectivity index (χ3v) is 4.49. The van der Waals surface area contributed by atoms with Crippen LogP contribution in [0, 0.1) is 0 Å². The number of carbonyl (C=O) groups is 1. The molecule has 8 nitrogen and oxygen atoms in total. The molecule has 1 fully saturated rings. The quantitative estimate of drug-likeness (QED) is 0.755. The van der Waals surface area contributed by atoms with Crippen LogP contribution in [0.3, 0.4) is 0 Å². The summed E-state index contributed by atoms with van der Waals surface area (Å²) in [6, 6.07) is 3.42. The molecular formula is C15H20N4O4S. The number of rotatable bonds is 6. The molecule has 2 atom stereocenters. The molecule has 0 bridgehead atoms. The SMILES string of the molecule is CC(C)O[C@H]1CN(C(=O)c2ccc(CSc3ncn[nH]3)o2)C[C@@H]1O. The van der Waals surface area contributed by atoms with Crippen LogP contribution in [0.2, 0.25) is 0 Å². The molecule has 9 heteroatoms. The standard InChI is InChI=1S/C15H20N4O4S/c1-9(2)22-13-6-19(5-11(13)20)14(21)12-4-3-10(23-12)7-24-15-16-8-17-18-15/h3-4,8-9,11,13,20H,5-7H2,1-2H3,(H,16,17,18)/t11-,13-/m0/s1. The van der Waals surface area contributed by atoms with E-state index < -0.39 is 6.10 Å². The van der Waals surface area contributed by atoms with Crippen LogP contribution < -0.4 is 0 Å². The summed E-state index contributed by atoms with van der Waals surface area (Å²) in [4.78, 5) is 18.1. The molecular weight excluding hydrogens is 332 g/mol. The van der Waals surface area contributed by atoms with Gasteiger partial charge in [-0.15, -0.1) is 0 Å². The van der Waals surface area contributed by atoms with Crippen molar-refractivity contribution in [2.75, 3.05) is 13.1 Å². The first kappa shape index (κ1) is 17.0. The maximum Gasteiger partial charge on any atom is 0.289 e. The Balaban J connectivity index is 1.57. The maximum absolute atomic E-state index is 12.5. The van der Waals surface area contributed by atoms with Crippen molar-refractivity contribution in [1.82, 2.24) is 20.1 Å². The minimum atomic E-state index is -0.673. The zero-order chi connectivity index (χ0) is 17.1. The lowest BCUT2D eigenvalue weighted by molar-refractivity contribution is -0.0394. The van der Waals surface area contributed by atoms with E-state index in [1.54, 1.807) is 17.0 Å². The monoisotopic (exact) mass is 352 g/mol. The molecule has 0 aliphatic carbocycles. The summed E-state index contributed by atoms with van der Waals surface area (Å²) in [5, 5.41) is 17.2. The molecule has 0 saturated carbocycles. The molecule has 0 spiro atoms. The number of nitrogens with zero attached hydrogens (tertiary/aromatic N) is 3. The van der Waals surface area contributed by atoms with E-state index in [1.807, 2.05) is 13.8 Å². The Bertz CT molecular complexity index is 673. The Morgan fingerprint density at radius 3 is 3.08 bits per heavy atom. The van der Waals surface area contributed by atoms with Crippen molar-refractivity contribution < 1.29 is 19.1 Å². The molecule has 3 rings (SSSR count). The molecule has 0 unspecified atom stereocenters. The molecule has 1 aliphatic heterocycles. The third kappa shape index (κ3) is 3.97. The fraction of sp³-hybridized carbons (Fsp3) is 0.533. The summed E-state index contributed by atoms with van der Waals surface area (Å²) >= 11 is 1.44. The van der Waals surface area contributed by atoms with Crippen LogP contribution in [-0.2, 0) is 10.5 Å².